The second kappa shape index (κ2) is 12.4. The first-order chi connectivity index (χ1) is 25.1. The third kappa shape index (κ3) is 4.99. The standard InChI is InChI=1S/C53H64/c1-14-35(15-2)37-27-38(36(16-3)17-4)29-53(28-37)44-21-19-39-48(46(44)42-25-33(9)45-32(8)23-31(7)24-41(45)47(42)53)52(12,13)50-40-26-34(22-30(5)6)18-20-43(40)51(10,11)49(39)50/h18-21,23-28,30,35-36H,14-17,22,29H2,1-13H3. The molecular formula is C53H64. The van der Waals surface area contributed by atoms with Gasteiger partial charge < -0.3 is 0 Å². The van der Waals surface area contributed by atoms with Crippen molar-refractivity contribution >= 4 is 21.9 Å². The van der Waals surface area contributed by atoms with Crippen LogP contribution in [0.5, 0.6) is 0 Å². The Labute approximate surface area is 321 Å². The molecule has 4 aliphatic carbocycles. The van der Waals surface area contributed by atoms with Crippen molar-refractivity contribution in [3.8, 4) is 11.1 Å². The fourth-order valence-electron chi connectivity index (χ4n) is 12.3. The van der Waals surface area contributed by atoms with Crippen molar-refractivity contribution < 1.29 is 0 Å². The Balaban J connectivity index is 1.48. The van der Waals surface area contributed by atoms with E-state index in [0.29, 0.717) is 17.8 Å². The van der Waals surface area contributed by atoms with E-state index in [9.17, 15) is 0 Å². The van der Waals surface area contributed by atoms with E-state index in [2.05, 4.69) is 151 Å². The van der Waals surface area contributed by atoms with Crippen LogP contribution in [0.2, 0.25) is 0 Å². The molecule has 53 heavy (non-hydrogen) atoms. The molecule has 4 aliphatic rings. The van der Waals surface area contributed by atoms with Gasteiger partial charge in [-0.25, -0.2) is 0 Å². The largest absolute Gasteiger partial charge is 0.0657 e. The molecule has 0 fully saturated rings. The molecule has 0 N–H and O–H groups in total. The van der Waals surface area contributed by atoms with E-state index in [4.69, 9.17) is 0 Å². The summed E-state index contributed by atoms with van der Waals surface area (Å²) < 4.78 is 0. The first kappa shape index (κ1) is 36.3. The Morgan fingerprint density at radius 1 is 0.642 bits per heavy atom. The lowest BCUT2D eigenvalue weighted by Crippen LogP contribution is -2.30. The van der Waals surface area contributed by atoms with Crippen molar-refractivity contribution in [1.29, 1.82) is 0 Å². The average Bonchev–Trinajstić information content (AvgIpc) is 3.60. The quantitative estimate of drug-likeness (QED) is 0.172. The number of benzene rings is 4. The van der Waals surface area contributed by atoms with Gasteiger partial charge in [0.2, 0.25) is 0 Å². The highest BCUT2D eigenvalue weighted by atomic mass is 14.6. The Hall–Kier alpha value is -3.64. The fraction of sp³-hybridized carbons (Fsp3) is 0.472. The van der Waals surface area contributed by atoms with E-state index in [1.54, 1.807) is 44.5 Å². The van der Waals surface area contributed by atoms with Crippen molar-refractivity contribution in [3.63, 3.8) is 0 Å². The summed E-state index contributed by atoms with van der Waals surface area (Å²) in [5, 5.41) is 2.94. The third-order valence-electron chi connectivity index (χ3n) is 14.5. The molecule has 0 heterocycles. The number of hydrogen-bond acceptors (Lipinski definition) is 0. The number of aryl methyl sites for hydroxylation is 3. The molecule has 1 spiro atoms. The van der Waals surface area contributed by atoms with Gasteiger partial charge in [-0.15, -0.1) is 0 Å². The van der Waals surface area contributed by atoms with Gasteiger partial charge in [0.15, 0.2) is 0 Å². The Morgan fingerprint density at radius 2 is 1.28 bits per heavy atom. The molecule has 0 saturated heterocycles. The summed E-state index contributed by atoms with van der Waals surface area (Å²) in [4.78, 5) is 0. The van der Waals surface area contributed by atoms with Gasteiger partial charge in [0.25, 0.3) is 0 Å². The molecule has 0 radical (unpaired) electrons. The minimum Gasteiger partial charge on any atom is -0.0657 e. The van der Waals surface area contributed by atoms with E-state index in [-0.39, 0.29) is 16.2 Å². The molecule has 276 valence electrons. The van der Waals surface area contributed by atoms with E-state index >= 15 is 0 Å². The van der Waals surface area contributed by atoms with E-state index in [1.165, 1.54) is 81.0 Å². The highest BCUT2D eigenvalue weighted by molar-refractivity contribution is 6.13. The zero-order valence-electron chi connectivity index (χ0n) is 35.2. The molecule has 0 saturated carbocycles. The summed E-state index contributed by atoms with van der Waals surface area (Å²) in [5.74, 6) is 1.81. The first-order valence-corrected chi connectivity index (χ1v) is 21.2. The topological polar surface area (TPSA) is 0 Å². The molecule has 0 amide bonds. The highest BCUT2D eigenvalue weighted by Gasteiger charge is 2.54. The zero-order valence-corrected chi connectivity index (χ0v) is 35.2. The third-order valence-corrected chi connectivity index (χ3v) is 14.5. The SMILES string of the molecule is CCC(CC)C1=CC2(CC(C(CC)CC)=C1)c1ccc3c(c1-c1cc(C)c4c(C)cc(C)cc4c12)C(C)(C)C1=C3C(C)(C)c2ccc(CC(C)C)cc21. The van der Waals surface area contributed by atoms with Crippen molar-refractivity contribution in [2.75, 3.05) is 0 Å². The van der Waals surface area contributed by atoms with Crippen LogP contribution in [0.4, 0.5) is 0 Å². The monoisotopic (exact) mass is 701 g/mol. The van der Waals surface area contributed by atoms with Crippen LogP contribution < -0.4 is 0 Å². The minimum atomic E-state index is -0.197. The summed E-state index contributed by atoms with van der Waals surface area (Å²) in [6, 6.07) is 20.2. The van der Waals surface area contributed by atoms with Gasteiger partial charge >= 0.3 is 0 Å². The van der Waals surface area contributed by atoms with Gasteiger partial charge in [0.05, 0.1) is 0 Å². The van der Waals surface area contributed by atoms with Gasteiger partial charge in [-0.1, -0.05) is 141 Å². The predicted molar refractivity (Wildman–Crippen MR) is 231 cm³/mol. The molecule has 8 rings (SSSR count). The van der Waals surface area contributed by atoms with Crippen LogP contribution in [0.15, 0.2) is 71.8 Å². The van der Waals surface area contributed by atoms with E-state index in [1.807, 2.05) is 0 Å². The van der Waals surface area contributed by atoms with Crippen LogP contribution >= 0.6 is 0 Å². The average molecular weight is 701 g/mol. The molecule has 0 nitrogen and oxygen atoms in total. The van der Waals surface area contributed by atoms with Crippen molar-refractivity contribution in [3.05, 3.63) is 127 Å². The molecule has 0 heteroatoms. The minimum absolute atomic E-state index is 0.0524. The summed E-state index contributed by atoms with van der Waals surface area (Å²) >= 11 is 0. The summed E-state index contributed by atoms with van der Waals surface area (Å²) in [7, 11) is 0. The maximum atomic E-state index is 2.81. The molecule has 1 unspecified atom stereocenters. The van der Waals surface area contributed by atoms with E-state index in [0.717, 1.165) is 12.8 Å². The van der Waals surface area contributed by atoms with Gasteiger partial charge in [-0.05, 0) is 166 Å². The summed E-state index contributed by atoms with van der Waals surface area (Å²) in [6.45, 7) is 31.4. The molecular weight excluding hydrogens is 637 g/mol. The van der Waals surface area contributed by atoms with Crippen molar-refractivity contribution in [1.82, 2.24) is 0 Å². The van der Waals surface area contributed by atoms with Crippen LogP contribution in [0.25, 0.3) is 33.0 Å². The molecule has 4 aromatic carbocycles. The lowest BCUT2D eigenvalue weighted by molar-refractivity contribution is 0.491. The number of allylic oxidation sites excluding steroid dienone is 6. The second-order valence-corrected chi connectivity index (χ2v) is 19.0. The van der Waals surface area contributed by atoms with Gasteiger partial charge in [0.1, 0.15) is 0 Å². The maximum Gasteiger partial charge on any atom is 0.0443 e. The summed E-state index contributed by atoms with van der Waals surface area (Å²) in [6.07, 6.45) is 12.4. The van der Waals surface area contributed by atoms with Crippen LogP contribution in [-0.4, -0.2) is 0 Å². The summed E-state index contributed by atoms with van der Waals surface area (Å²) in [5.41, 5.74) is 23.9. The number of hydrogen-bond donors (Lipinski definition) is 0. The highest BCUT2D eigenvalue weighted by Crippen LogP contribution is 2.68. The molecule has 4 aromatic rings. The molecule has 0 aliphatic heterocycles. The lowest BCUT2D eigenvalue weighted by Gasteiger charge is -2.39. The number of rotatable bonds is 8. The van der Waals surface area contributed by atoms with Gasteiger partial charge in [0, 0.05) is 16.2 Å². The second-order valence-electron chi connectivity index (χ2n) is 19.0. The predicted octanol–water partition coefficient (Wildman–Crippen LogP) is 14.9. The van der Waals surface area contributed by atoms with E-state index < -0.39 is 0 Å². The Morgan fingerprint density at radius 3 is 1.94 bits per heavy atom. The van der Waals surface area contributed by atoms with Crippen molar-refractivity contribution in [2.24, 2.45) is 17.8 Å². The lowest BCUT2D eigenvalue weighted by atomic mass is 9.64. The van der Waals surface area contributed by atoms with Crippen LogP contribution in [-0.2, 0) is 22.7 Å². The first-order valence-electron chi connectivity index (χ1n) is 21.2. The zero-order chi connectivity index (χ0) is 37.9. The van der Waals surface area contributed by atoms with Gasteiger partial charge in [-0.3, -0.25) is 0 Å². The normalized spacial score (nSPS) is 20.4. The smallest absolute Gasteiger partial charge is 0.0443 e. The Bertz CT molecular complexity index is 2280. The van der Waals surface area contributed by atoms with Crippen LogP contribution in [0.3, 0.4) is 0 Å². The molecule has 0 bridgehead atoms. The molecule has 0 aromatic heterocycles. The fourth-order valence-corrected chi connectivity index (χ4v) is 12.3. The van der Waals surface area contributed by atoms with Crippen LogP contribution in [0.1, 0.15) is 157 Å². The number of fused-ring (bicyclic) bond motifs is 12. The van der Waals surface area contributed by atoms with Crippen LogP contribution in [0, 0.1) is 38.5 Å². The Kier molecular flexibility index (Phi) is 8.53. The maximum absolute atomic E-state index is 2.81. The van der Waals surface area contributed by atoms with Crippen molar-refractivity contribution in [2.45, 2.75) is 145 Å². The van der Waals surface area contributed by atoms with Gasteiger partial charge in [-0.2, -0.15) is 0 Å². The molecule has 1 atom stereocenters.